The van der Waals surface area contributed by atoms with Crippen LogP contribution in [0.25, 0.3) is 0 Å². The van der Waals surface area contributed by atoms with Crippen molar-refractivity contribution >= 4 is 23.5 Å². The van der Waals surface area contributed by atoms with Gasteiger partial charge in [-0.2, -0.15) is 0 Å². The Morgan fingerprint density at radius 1 is 1.41 bits per heavy atom. The number of aliphatic hydroxyl groups excluding tert-OH is 1. The van der Waals surface area contributed by atoms with Crippen molar-refractivity contribution in [3.05, 3.63) is 34.3 Å². The molecule has 92 valence electrons. The second-order valence-corrected chi connectivity index (χ2v) is 4.00. The first-order valence-electron chi connectivity index (χ1n) is 4.85. The monoisotopic (exact) mass is 257 g/mol. The van der Waals surface area contributed by atoms with Crippen LogP contribution in [0.3, 0.4) is 0 Å². The van der Waals surface area contributed by atoms with Gasteiger partial charge in [-0.15, -0.1) is 0 Å². The summed E-state index contributed by atoms with van der Waals surface area (Å²) in [6, 6.07) is 3.37. The number of benzene rings is 1. The molecule has 0 radical (unpaired) electrons. The maximum absolute atomic E-state index is 11.7. The summed E-state index contributed by atoms with van der Waals surface area (Å²) in [5.41, 5.74) is 1.05. The first-order valence-corrected chi connectivity index (χ1v) is 5.23. The van der Waals surface area contributed by atoms with Gasteiger partial charge < -0.3 is 15.5 Å². The zero-order chi connectivity index (χ0) is 13.0. The number of carboxylic acid groups (broad SMARTS) is 1. The SMILES string of the molecule is Cc1cc(Cl)cc(C(=O)N[C@@H](CO)C(=O)O)c1. The van der Waals surface area contributed by atoms with E-state index in [0.717, 1.165) is 5.56 Å². The van der Waals surface area contributed by atoms with Crippen LogP contribution in [0.5, 0.6) is 0 Å². The molecular weight excluding hydrogens is 246 g/mol. The highest BCUT2D eigenvalue weighted by atomic mass is 35.5. The van der Waals surface area contributed by atoms with Crippen molar-refractivity contribution in [2.24, 2.45) is 0 Å². The largest absolute Gasteiger partial charge is 0.480 e. The lowest BCUT2D eigenvalue weighted by Crippen LogP contribution is -2.43. The van der Waals surface area contributed by atoms with Crippen LogP contribution in [0, 0.1) is 6.92 Å². The molecule has 0 unspecified atom stereocenters. The van der Waals surface area contributed by atoms with Crippen LogP contribution >= 0.6 is 11.6 Å². The zero-order valence-corrected chi connectivity index (χ0v) is 9.86. The van der Waals surface area contributed by atoms with Crippen molar-refractivity contribution < 1.29 is 19.8 Å². The predicted octanol–water partition coefficient (Wildman–Crippen LogP) is 0.824. The number of carboxylic acids is 1. The predicted molar refractivity (Wildman–Crippen MR) is 62.2 cm³/mol. The number of halogens is 1. The van der Waals surface area contributed by atoms with Gasteiger partial charge in [0.05, 0.1) is 6.61 Å². The number of aliphatic hydroxyl groups is 1. The lowest BCUT2D eigenvalue weighted by molar-refractivity contribution is -0.140. The Labute approximate surface area is 103 Å². The summed E-state index contributed by atoms with van der Waals surface area (Å²) in [6.07, 6.45) is 0. The number of carbonyl (C=O) groups excluding carboxylic acids is 1. The first kappa shape index (κ1) is 13.5. The molecule has 1 atom stereocenters. The van der Waals surface area contributed by atoms with Gasteiger partial charge in [0.1, 0.15) is 0 Å². The van der Waals surface area contributed by atoms with E-state index < -0.39 is 24.5 Å². The van der Waals surface area contributed by atoms with E-state index in [1.807, 2.05) is 0 Å². The van der Waals surface area contributed by atoms with Crippen LogP contribution < -0.4 is 5.32 Å². The van der Waals surface area contributed by atoms with Crippen LogP contribution in [0.1, 0.15) is 15.9 Å². The van der Waals surface area contributed by atoms with Gasteiger partial charge in [0.2, 0.25) is 0 Å². The number of carbonyl (C=O) groups is 2. The molecule has 1 aromatic rings. The Hall–Kier alpha value is -1.59. The lowest BCUT2D eigenvalue weighted by Gasteiger charge is -2.12. The van der Waals surface area contributed by atoms with Crippen molar-refractivity contribution in [2.75, 3.05) is 6.61 Å². The van der Waals surface area contributed by atoms with Crippen LogP contribution in [0.15, 0.2) is 18.2 Å². The highest BCUT2D eigenvalue weighted by molar-refractivity contribution is 6.31. The summed E-state index contributed by atoms with van der Waals surface area (Å²) < 4.78 is 0. The van der Waals surface area contributed by atoms with Gasteiger partial charge in [-0.1, -0.05) is 11.6 Å². The van der Waals surface area contributed by atoms with Crippen LogP contribution in [-0.2, 0) is 4.79 Å². The summed E-state index contributed by atoms with van der Waals surface area (Å²) in [6.45, 7) is 1.10. The number of hydrogen-bond donors (Lipinski definition) is 3. The second kappa shape index (κ2) is 5.65. The third-order valence-corrected chi connectivity index (χ3v) is 2.31. The molecular formula is C11H12ClNO4. The van der Waals surface area contributed by atoms with Gasteiger partial charge in [-0.3, -0.25) is 4.79 Å². The molecule has 5 nitrogen and oxygen atoms in total. The number of aliphatic carboxylic acids is 1. The van der Waals surface area contributed by atoms with Crippen molar-refractivity contribution in [3.63, 3.8) is 0 Å². The molecule has 0 aliphatic rings. The number of aryl methyl sites for hydroxylation is 1. The van der Waals surface area contributed by atoms with Crippen LogP contribution in [0.2, 0.25) is 5.02 Å². The average Bonchev–Trinajstić information content (AvgIpc) is 2.23. The Morgan fingerprint density at radius 2 is 2.06 bits per heavy atom. The Bertz CT molecular complexity index is 427. The molecule has 0 aromatic heterocycles. The highest BCUT2D eigenvalue weighted by Gasteiger charge is 2.19. The molecule has 6 heteroatoms. The summed E-state index contributed by atoms with van der Waals surface area (Å²) in [5.74, 6) is -1.88. The Kier molecular flexibility index (Phi) is 4.48. The van der Waals surface area contributed by atoms with E-state index in [-0.39, 0.29) is 5.56 Å². The molecule has 0 bridgehead atoms. The molecule has 0 aliphatic heterocycles. The summed E-state index contributed by atoms with van der Waals surface area (Å²) in [7, 11) is 0. The minimum absolute atomic E-state index is 0.259. The molecule has 0 aliphatic carbocycles. The highest BCUT2D eigenvalue weighted by Crippen LogP contribution is 2.14. The fourth-order valence-electron chi connectivity index (χ4n) is 1.29. The van der Waals surface area contributed by atoms with Gasteiger partial charge in [0, 0.05) is 10.6 Å². The van der Waals surface area contributed by atoms with Gasteiger partial charge in [-0.25, -0.2) is 4.79 Å². The minimum atomic E-state index is -1.32. The van der Waals surface area contributed by atoms with E-state index in [2.05, 4.69) is 5.32 Å². The van der Waals surface area contributed by atoms with Gasteiger partial charge in [0.25, 0.3) is 5.91 Å². The van der Waals surface area contributed by atoms with E-state index in [0.29, 0.717) is 5.02 Å². The molecule has 1 rings (SSSR count). The van der Waals surface area contributed by atoms with Gasteiger partial charge in [0.15, 0.2) is 6.04 Å². The fraction of sp³-hybridized carbons (Fsp3) is 0.273. The fourth-order valence-corrected chi connectivity index (χ4v) is 1.58. The minimum Gasteiger partial charge on any atom is -0.480 e. The number of nitrogens with one attached hydrogen (secondary N) is 1. The number of amides is 1. The van der Waals surface area contributed by atoms with Crippen molar-refractivity contribution in [1.29, 1.82) is 0 Å². The standard InChI is InChI=1S/C11H12ClNO4/c1-6-2-7(4-8(12)3-6)10(15)13-9(5-14)11(16)17/h2-4,9,14H,5H2,1H3,(H,13,15)(H,16,17)/t9-/m0/s1. The van der Waals surface area contributed by atoms with E-state index in [4.69, 9.17) is 21.8 Å². The van der Waals surface area contributed by atoms with Crippen LogP contribution in [0.4, 0.5) is 0 Å². The quantitative estimate of drug-likeness (QED) is 0.745. The maximum atomic E-state index is 11.7. The first-order chi connectivity index (χ1) is 7.93. The summed E-state index contributed by atoms with van der Waals surface area (Å²) in [4.78, 5) is 22.3. The maximum Gasteiger partial charge on any atom is 0.328 e. The second-order valence-electron chi connectivity index (χ2n) is 3.56. The number of hydrogen-bond acceptors (Lipinski definition) is 3. The van der Waals surface area contributed by atoms with Crippen molar-refractivity contribution in [3.8, 4) is 0 Å². The van der Waals surface area contributed by atoms with Gasteiger partial charge in [-0.05, 0) is 30.7 Å². The summed E-state index contributed by atoms with van der Waals surface area (Å²) >= 11 is 5.78. The molecule has 3 N–H and O–H groups in total. The number of rotatable bonds is 4. The molecule has 0 saturated carbocycles. The van der Waals surface area contributed by atoms with E-state index in [9.17, 15) is 9.59 Å². The molecule has 0 saturated heterocycles. The molecule has 17 heavy (non-hydrogen) atoms. The van der Waals surface area contributed by atoms with Crippen molar-refractivity contribution in [1.82, 2.24) is 5.32 Å². The lowest BCUT2D eigenvalue weighted by atomic mass is 10.1. The van der Waals surface area contributed by atoms with Crippen molar-refractivity contribution in [2.45, 2.75) is 13.0 Å². The van der Waals surface area contributed by atoms with E-state index in [1.54, 1.807) is 19.1 Å². The third kappa shape index (κ3) is 3.72. The average molecular weight is 258 g/mol. The molecule has 0 heterocycles. The molecule has 1 amide bonds. The van der Waals surface area contributed by atoms with E-state index in [1.165, 1.54) is 6.07 Å². The molecule has 0 spiro atoms. The van der Waals surface area contributed by atoms with E-state index >= 15 is 0 Å². The zero-order valence-electron chi connectivity index (χ0n) is 9.11. The Morgan fingerprint density at radius 3 is 2.53 bits per heavy atom. The third-order valence-electron chi connectivity index (χ3n) is 2.09. The normalized spacial score (nSPS) is 11.9. The topological polar surface area (TPSA) is 86.6 Å². The Balaban J connectivity index is 2.86. The van der Waals surface area contributed by atoms with Crippen LogP contribution in [-0.4, -0.2) is 34.7 Å². The smallest absolute Gasteiger partial charge is 0.328 e. The molecule has 0 fully saturated rings. The summed E-state index contributed by atoms with van der Waals surface area (Å²) in [5, 5.41) is 20.0. The van der Waals surface area contributed by atoms with Gasteiger partial charge >= 0.3 is 5.97 Å². The molecule has 1 aromatic carbocycles.